The Morgan fingerprint density at radius 2 is 1.90 bits per heavy atom. The van der Waals surface area contributed by atoms with E-state index in [0.29, 0.717) is 18.7 Å². The van der Waals surface area contributed by atoms with Crippen LogP contribution in [0.2, 0.25) is 0 Å². The molecule has 4 heteroatoms. The zero-order chi connectivity index (χ0) is 14.8. The van der Waals surface area contributed by atoms with E-state index >= 15 is 0 Å². The van der Waals surface area contributed by atoms with Crippen LogP contribution in [0.3, 0.4) is 0 Å². The van der Waals surface area contributed by atoms with Crippen molar-refractivity contribution in [3.63, 3.8) is 0 Å². The summed E-state index contributed by atoms with van der Waals surface area (Å²) in [5.41, 5.74) is 5.51. The zero-order valence-corrected chi connectivity index (χ0v) is 13.2. The lowest BCUT2D eigenvalue weighted by Crippen LogP contribution is -2.49. The first-order valence-electron chi connectivity index (χ1n) is 8.14. The van der Waals surface area contributed by atoms with Crippen molar-refractivity contribution in [3.8, 4) is 0 Å². The molecule has 2 aliphatic rings. The van der Waals surface area contributed by atoms with E-state index in [-0.39, 0.29) is 5.97 Å². The number of ether oxygens (including phenoxy) is 1. The molecule has 2 atom stereocenters. The van der Waals surface area contributed by atoms with Gasteiger partial charge in [0.1, 0.15) is 5.54 Å². The van der Waals surface area contributed by atoms with Gasteiger partial charge in [-0.15, -0.1) is 0 Å². The molecule has 0 bridgehead atoms. The number of rotatable bonds is 4. The Morgan fingerprint density at radius 1 is 1.25 bits per heavy atom. The van der Waals surface area contributed by atoms with Gasteiger partial charge in [-0.05, 0) is 64.8 Å². The van der Waals surface area contributed by atoms with E-state index in [1.165, 1.54) is 25.7 Å². The lowest BCUT2D eigenvalue weighted by atomic mass is 9.86. The molecule has 0 aromatic carbocycles. The Labute approximate surface area is 123 Å². The molecule has 4 nitrogen and oxygen atoms in total. The van der Waals surface area contributed by atoms with Crippen LogP contribution < -0.4 is 5.73 Å². The minimum Gasteiger partial charge on any atom is -0.465 e. The fourth-order valence-corrected chi connectivity index (χ4v) is 3.80. The van der Waals surface area contributed by atoms with Gasteiger partial charge in [0.15, 0.2) is 0 Å². The average molecular weight is 282 g/mol. The lowest BCUT2D eigenvalue weighted by molar-refractivity contribution is -0.149. The summed E-state index contributed by atoms with van der Waals surface area (Å²) in [6.07, 6.45) is 7.73. The number of nitrogens with zero attached hydrogens (tertiary/aromatic N) is 1. The highest BCUT2D eigenvalue weighted by atomic mass is 16.5. The maximum atomic E-state index is 12.0. The van der Waals surface area contributed by atoms with Crippen molar-refractivity contribution < 1.29 is 9.53 Å². The Bertz CT molecular complexity index is 339. The first-order valence-corrected chi connectivity index (χ1v) is 8.14. The monoisotopic (exact) mass is 282 g/mol. The minimum absolute atomic E-state index is 0.215. The van der Waals surface area contributed by atoms with Crippen LogP contribution in [0.25, 0.3) is 0 Å². The molecule has 2 rings (SSSR count). The molecule has 2 aliphatic carbocycles. The topological polar surface area (TPSA) is 55.6 Å². The van der Waals surface area contributed by atoms with E-state index in [9.17, 15) is 4.79 Å². The predicted octanol–water partition coefficient (Wildman–Crippen LogP) is 2.31. The number of carbonyl (C=O) groups excluding carboxylic acids is 1. The Hall–Kier alpha value is -0.610. The molecule has 0 aliphatic heterocycles. The van der Waals surface area contributed by atoms with Gasteiger partial charge in [0.05, 0.1) is 6.61 Å². The molecule has 0 spiro atoms. The molecule has 2 N–H and O–H groups in total. The van der Waals surface area contributed by atoms with Crippen LogP contribution in [0.1, 0.15) is 58.8 Å². The highest BCUT2D eigenvalue weighted by Crippen LogP contribution is 2.35. The van der Waals surface area contributed by atoms with Crippen molar-refractivity contribution in [2.45, 2.75) is 76.4 Å². The quantitative estimate of drug-likeness (QED) is 0.804. The van der Waals surface area contributed by atoms with E-state index in [1.54, 1.807) is 0 Å². The third-order valence-electron chi connectivity index (χ3n) is 5.34. The second-order valence-electron chi connectivity index (χ2n) is 6.85. The van der Waals surface area contributed by atoms with Crippen LogP contribution in [0.4, 0.5) is 0 Å². The van der Waals surface area contributed by atoms with Crippen molar-refractivity contribution in [1.82, 2.24) is 4.90 Å². The van der Waals surface area contributed by atoms with Crippen molar-refractivity contribution in [2.75, 3.05) is 13.7 Å². The summed E-state index contributed by atoms with van der Waals surface area (Å²) in [5, 5.41) is 0. The first kappa shape index (κ1) is 15.8. The molecule has 2 fully saturated rings. The Balaban J connectivity index is 1.90. The summed E-state index contributed by atoms with van der Waals surface area (Å²) < 4.78 is 5.13. The molecule has 0 heterocycles. The summed E-state index contributed by atoms with van der Waals surface area (Å²) in [5.74, 6) is 0.657. The normalized spacial score (nSPS) is 38.1. The van der Waals surface area contributed by atoms with E-state index < -0.39 is 5.54 Å². The number of hydrogen-bond donors (Lipinski definition) is 1. The Kier molecular flexibility index (Phi) is 5.08. The molecule has 116 valence electrons. The van der Waals surface area contributed by atoms with Crippen molar-refractivity contribution in [1.29, 1.82) is 0 Å². The number of hydrogen-bond acceptors (Lipinski definition) is 4. The smallest absolute Gasteiger partial charge is 0.326 e. The number of esters is 1. The van der Waals surface area contributed by atoms with Gasteiger partial charge in [0, 0.05) is 12.1 Å². The van der Waals surface area contributed by atoms with Crippen LogP contribution in [0.15, 0.2) is 0 Å². The van der Waals surface area contributed by atoms with Crippen molar-refractivity contribution in [2.24, 2.45) is 11.7 Å². The number of carbonyl (C=O) groups is 1. The minimum atomic E-state index is -0.753. The third kappa shape index (κ3) is 3.34. The molecule has 20 heavy (non-hydrogen) atoms. The standard InChI is InChI=1S/C16H30N2O2/c1-4-20-15(19)16(17)10-9-14(11-16)18(3)13-7-5-12(2)6-8-13/h12-14H,4-11,17H2,1-3H3. The van der Waals surface area contributed by atoms with Gasteiger partial charge >= 0.3 is 5.97 Å². The maximum Gasteiger partial charge on any atom is 0.326 e. The molecule has 0 aromatic rings. The molecule has 2 unspecified atom stereocenters. The van der Waals surface area contributed by atoms with Crippen LogP contribution in [0.5, 0.6) is 0 Å². The third-order valence-corrected chi connectivity index (χ3v) is 5.34. The van der Waals surface area contributed by atoms with E-state index in [2.05, 4.69) is 18.9 Å². The van der Waals surface area contributed by atoms with Gasteiger partial charge in [-0.25, -0.2) is 0 Å². The zero-order valence-electron chi connectivity index (χ0n) is 13.2. The Morgan fingerprint density at radius 3 is 2.50 bits per heavy atom. The molecule has 0 saturated heterocycles. The van der Waals surface area contributed by atoms with Gasteiger partial charge in [-0.3, -0.25) is 4.79 Å². The van der Waals surface area contributed by atoms with E-state index in [4.69, 9.17) is 10.5 Å². The molecule has 0 radical (unpaired) electrons. The highest BCUT2D eigenvalue weighted by molar-refractivity contribution is 5.81. The van der Waals surface area contributed by atoms with E-state index in [1.807, 2.05) is 6.92 Å². The van der Waals surface area contributed by atoms with Gasteiger partial charge in [-0.1, -0.05) is 6.92 Å². The summed E-state index contributed by atoms with van der Waals surface area (Å²) in [4.78, 5) is 14.5. The van der Waals surface area contributed by atoms with Crippen LogP contribution in [0, 0.1) is 5.92 Å². The van der Waals surface area contributed by atoms with Crippen molar-refractivity contribution in [3.05, 3.63) is 0 Å². The van der Waals surface area contributed by atoms with Crippen LogP contribution in [-0.2, 0) is 9.53 Å². The van der Waals surface area contributed by atoms with Gasteiger partial charge in [0.25, 0.3) is 0 Å². The summed E-state index contributed by atoms with van der Waals surface area (Å²) in [7, 11) is 2.21. The summed E-state index contributed by atoms with van der Waals surface area (Å²) in [6, 6.07) is 1.10. The first-order chi connectivity index (χ1) is 9.46. The fourth-order valence-electron chi connectivity index (χ4n) is 3.80. The molecular weight excluding hydrogens is 252 g/mol. The largest absolute Gasteiger partial charge is 0.465 e. The van der Waals surface area contributed by atoms with Gasteiger partial charge in [0.2, 0.25) is 0 Å². The van der Waals surface area contributed by atoms with E-state index in [0.717, 1.165) is 25.2 Å². The fraction of sp³-hybridized carbons (Fsp3) is 0.938. The molecule has 0 aromatic heterocycles. The van der Waals surface area contributed by atoms with Gasteiger partial charge in [-0.2, -0.15) is 0 Å². The lowest BCUT2D eigenvalue weighted by Gasteiger charge is -2.37. The second kappa shape index (κ2) is 6.44. The summed E-state index contributed by atoms with van der Waals surface area (Å²) in [6.45, 7) is 4.60. The molecule has 2 saturated carbocycles. The van der Waals surface area contributed by atoms with Gasteiger partial charge < -0.3 is 15.4 Å². The highest BCUT2D eigenvalue weighted by Gasteiger charge is 2.45. The second-order valence-corrected chi connectivity index (χ2v) is 6.85. The number of nitrogens with two attached hydrogens (primary N) is 1. The maximum absolute atomic E-state index is 12.0. The SMILES string of the molecule is CCOC(=O)C1(N)CCC(N(C)C2CCC(C)CC2)C1. The van der Waals surface area contributed by atoms with Crippen molar-refractivity contribution >= 4 is 5.97 Å². The van der Waals surface area contributed by atoms with Crippen LogP contribution in [-0.4, -0.2) is 42.1 Å². The predicted molar refractivity (Wildman–Crippen MR) is 80.4 cm³/mol. The average Bonchev–Trinajstić information content (AvgIpc) is 2.83. The van der Waals surface area contributed by atoms with Crippen LogP contribution >= 0.6 is 0 Å². The summed E-state index contributed by atoms with van der Waals surface area (Å²) >= 11 is 0. The molecule has 0 amide bonds. The molecular formula is C16H30N2O2.